The van der Waals surface area contributed by atoms with Gasteiger partial charge in [0.25, 0.3) is 0 Å². The van der Waals surface area contributed by atoms with E-state index in [0.717, 1.165) is 0 Å². The lowest BCUT2D eigenvalue weighted by Gasteiger charge is -2.21. The zero-order valence-corrected chi connectivity index (χ0v) is 6.90. The molecule has 0 radical (unpaired) electrons. The molecule has 4 heteroatoms. The zero-order valence-electron chi connectivity index (χ0n) is 6.90. The fraction of sp³-hybridized carbons (Fsp3) is 1.00. The second kappa shape index (κ2) is 5.49. The van der Waals surface area contributed by atoms with Crippen molar-refractivity contribution in [3.8, 4) is 0 Å². The number of rotatable bonds is 5. The van der Waals surface area contributed by atoms with Gasteiger partial charge in [0.15, 0.2) is 0 Å². The fourth-order valence-electron chi connectivity index (χ4n) is 0.755. The summed E-state index contributed by atoms with van der Waals surface area (Å²) in [4.78, 5) is 0. The fourth-order valence-corrected chi connectivity index (χ4v) is 0.755. The SMILES string of the molecule is COC(C)C(O)C(O)CCO. The van der Waals surface area contributed by atoms with E-state index in [4.69, 9.17) is 14.9 Å². The van der Waals surface area contributed by atoms with Gasteiger partial charge in [-0.25, -0.2) is 0 Å². The Morgan fingerprint density at radius 3 is 2.27 bits per heavy atom. The Morgan fingerprint density at radius 2 is 1.91 bits per heavy atom. The first-order valence-electron chi connectivity index (χ1n) is 3.63. The van der Waals surface area contributed by atoms with E-state index in [0.29, 0.717) is 0 Å². The average Bonchev–Trinajstić information content (AvgIpc) is 2.02. The van der Waals surface area contributed by atoms with Crippen LogP contribution in [-0.4, -0.2) is 47.3 Å². The molecule has 0 spiro atoms. The summed E-state index contributed by atoms with van der Waals surface area (Å²) in [5.74, 6) is 0. The predicted molar refractivity (Wildman–Crippen MR) is 40.2 cm³/mol. The van der Waals surface area contributed by atoms with Gasteiger partial charge in [-0.1, -0.05) is 0 Å². The molecule has 4 nitrogen and oxygen atoms in total. The first kappa shape index (κ1) is 10.8. The van der Waals surface area contributed by atoms with Crippen molar-refractivity contribution >= 4 is 0 Å². The van der Waals surface area contributed by atoms with Crippen LogP contribution in [0.15, 0.2) is 0 Å². The van der Waals surface area contributed by atoms with Gasteiger partial charge < -0.3 is 20.1 Å². The molecule has 3 N–H and O–H groups in total. The minimum atomic E-state index is -0.924. The molecule has 0 rings (SSSR count). The Hall–Kier alpha value is -0.160. The Kier molecular flexibility index (Phi) is 5.41. The second-order valence-corrected chi connectivity index (χ2v) is 2.51. The maximum absolute atomic E-state index is 9.23. The summed E-state index contributed by atoms with van der Waals surface area (Å²) in [6.45, 7) is 1.53. The van der Waals surface area contributed by atoms with E-state index in [9.17, 15) is 5.11 Å². The van der Waals surface area contributed by atoms with Gasteiger partial charge in [0.1, 0.15) is 6.10 Å². The van der Waals surface area contributed by atoms with Crippen LogP contribution in [0.4, 0.5) is 0 Å². The first-order chi connectivity index (χ1) is 5.13. The number of aliphatic hydroxyl groups is 3. The normalized spacial score (nSPS) is 19.4. The summed E-state index contributed by atoms with van der Waals surface area (Å²) in [6, 6.07) is 0. The maximum atomic E-state index is 9.23. The van der Waals surface area contributed by atoms with Crippen molar-refractivity contribution in [2.75, 3.05) is 13.7 Å². The Morgan fingerprint density at radius 1 is 1.36 bits per heavy atom. The summed E-state index contributed by atoms with van der Waals surface area (Å²) in [6.07, 6.45) is -2.06. The predicted octanol–water partition coefficient (Wildman–Crippen LogP) is -0.875. The largest absolute Gasteiger partial charge is 0.396 e. The molecule has 0 heterocycles. The van der Waals surface area contributed by atoms with Gasteiger partial charge in [-0.2, -0.15) is 0 Å². The van der Waals surface area contributed by atoms with Gasteiger partial charge in [0.05, 0.1) is 12.2 Å². The summed E-state index contributed by atoms with van der Waals surface area (Å²) < 4.78 is 4.79. The molecule has 3 atom stereocenters. The van der Waals surface area contributed by atoms with E-state index >= 15 is 0 Å². The van der Waals surface area contributed by atoms with Crippen molar-refractivity contribution in [3.63, 3.8) is 0 Å². The molecule has 11 heavy (non-hydrogen) atoms. The van der Waals surface area contributed by atoms with Crippen LogP contribution in [0.25, 0.3) is 0 Å². The van der Waals surface area contributed by atoms with Crippen molar-refractivity contribution in [3.05, 3.63) is 0 Å². The van der Waals surface area contributed by atoms with Crippen LogP contribution in [0, 0.1) is 0 Å². The Labute approximate surface area is 66.4 Å². The third kappa shape index (κ3) is 3.67. The smallest absolute Gasteiger partial charge is 0.106 e. The van der Waals surface area contributed by atoms with Crippen molar-refractivity contribution < 1.29 is 20.1 Å². The molecule has 0 bridgehead atoms. The van der Waals surface area contributed by atoms with E-state index in [1.807, 2.05) is 0 Å². The molecule has 68 valence electrons. The third-order valence-electron chi connectivity index (χ3n) is 1.67. The molecule has 0 fully saturated rings. The highest BCUT2D eigenvalue weighted by molar-refractivity contribution is 4.72. The van der Waals surface area contributed by atoms with Crippen LogP contribution in [0.2, 0.25) is 0 Å². The topological polar surface area (TPSA) is 69.9 Å². The van der Waals surface area contributed by atoms with Crippen molar-refractivity contribution in [2.24, 2.45) is 0 Å². The molecule has 0 aromatic carbocycles. The number of methoxy groups -OCH3 is 1. The van der Waals surface area contributed by atoms with E-state index in [-0.39, 0.29) is 13.0 Å². The van der Waals surface area contributed by atoms with Crippen LogP contribution >= 0.6 is 0 Å². The molecule has 0 amide bonds. The summed E-state index contributed by atoms with van der Waals surface area (Å²) in [7, 11) is 1.46. The molecule has 3 unspecified atom stereocenters. The molecule has 0 aromatic heterocycles. The first-order valence-corrected chi connectivity index (χ1v) is 3.63. The minimum Gasteiger partial charge on any atom is -0.396 e. The molecule has 0 aliphatic heterocycles. The van der Waals surface area contributed by atoms with Crippen molar-refractivity contribution in [1.29, 1.82) is 0 Å². The van der Waals surface area contributed by atoms with E-state index in [2.05, 4.69) is 0 Å². The Balaban J connectivity index is 3.70. The summed E-state index contributed by atoms with van der Waals surface area (Å²) in [5, 5.41) is 26.8. The monoisotopic (exact) mass is 164 g/mol. The maximum Gasteiger partial charge on any atom is 0.106 e. The van der Waals surface area contributed by atoms with Gasteiger partial charge in [-0.3, -0.25) is 0 Å². The third-order valence-corrected chi connectivity index (χ3v) is 1.67. The van der Waals surface area contributed by atoms with Crippen molar-refractivity contribution in [2.45, 2.75) is 31.7 Å². The van der Waals surface area contributed by atoms with Crippen LogP contribution in [0.3, 0.4) is 0 Å². The highest BCUT2D eigenvalue weighted by Gasteiger charge is 2.21. The standard InChI is InChI=1S/C7H16O4/c1-5(11-2)7(10)6(9)3-4-8/h5-10H,3-4H2,1-2H3. The Bertz CT molecular complexity index is 96.4. The highest BCUT2D eigenvalue weighted by atomic mass is 16.5. The van der Waals surface area contributed by atoms with Crippen LogP contribution in [0.1, 0.15) is 13.3 Å². The zero-order chi connectivity index (χ0) is 8.85. The summed E-state index contributed by atoms with van der Waals surface area (Å²) >= 11 is 0. The lowest BCUT2D eigenvalue weighted by Crippen LogP contribution is -2.37. The molecule has 0 aromatic rings. The van der Waals surface area contributed by atoms with Crippen molar-refractivity contribution in [1.82, 2.24) is 0 Å². The molecule has 0 saturated heterocycles. The van der Waals surface area contributed by atoms with Gasteiger partial charge in [0.2, 0.25) is 0 Å². The van der Waals surface area contributed by atoms with Crippen LogP contribution in [0.5, 0.6) is 0 Å². The lowest BCUT2D eigenvalue weighted by atomic mass is 10.1. The summed E-state index contributed by atoms with van der Waals surface area (Å²) in [5.41, 5.74) is 0. The molecule has 0 aliphatic carbocycles. The van der Waals surface area contributed by atoms with E-state index in [1.165, 1.54) is 7.11 Å². The minimum absolute atomic E-state index is 0.130. The lowest BCUT2D eigenvalue weighted by molar-refractivity contribution is -0.0732. The van der Waals surface area contributed by atoms with Crippen LogP contribution in [-0.2, 0) is 4.74 Å². The van der Waals surface area contributed by atoms with E-state index in [1.54, 1.807) is 6.92 Å². The van der Waals surface area contributed by atoms with Gasteiger partial charge in [-0.15, -0.1) is 0 Å². The highest BCUT2D eigenvalue weighted by Crippen LogP contribution is 2.05. The number of aliphatic hydroxyl groups excluding tert-OH is 3. The number of hydrogen-bond donors (Lipinski definition) is 3. The molecule has 0 aliphatic rings. The molecule has 0 saturated carbocycles. The van der Waals surface area contributed by atoms with Gasteiger partial charge >= 0.3 is 0 Å². The molecular formula is C7H16O4. The molecular weight excluding hydrogens is 148 g/mol. The van der Waals surface area contributed by atoms with E-state index < -0.39 is 18.3 Å². The average molecular weight is 164 g/mol. The quantitative estimate of drug-likeness (QED) is 0.494. The number of hydrogen-bond acceptors (Lipinski definition) is 4. The van der Waals surface area contributed by atoms with Crippen LogP contribution < -0.4 is 0 Å². The van der Waals surface area contributed by atoms with Gasteiger partial charge in [0, 0.05) is 13.7 Å². The number of ether oxygens (including phenoxy) is 1. The second-order valence-electron chi connectivity index (χ2n) is 2.51. The van der Waals surface area contributed by atoms with Gasteiger partial charge in [-0.05, 0) is 13.3 Å².